The van der Waals surface area contributed by atoms with E-state index in [9.17, 15) is 0 Å². The fraction of sp³-hybridized carbons (Fsp3) is 0.400. The van der Waals surface area contributed by atoms with Crippen molar-refractivity contribution in [3.05, 3.63) is 59.7 Å². The third-order valence-corrected chi connectivity index (χ3v) is 4.15. The summed E-state index contributed by atoms with van der Waals surface area (Å²) < 4.78 is 11.6. The maximum absolute atomic E-state index is 5.82. The van der Waals surface area contributed by atoms with E-state index in [0.717, 1.165) is 36.5 Å². The summed E-state index contributed by atoms with van der Waals surface area (Å²) in [6, 6.07) is 16.4. The molecule has 3 nitrogen and oxygen atoms in total. The molecule has 0 spiro atoms. The zero-order chi connectivity index (χ0) is 17.2. The van der Waals surface area contributed by atoms with Crippen molar-refractivity contribution < 1.29 is 9.47 Å². The lowest BCUT2D eigenvalue weighted by atomic mass is 10.2. The number of halogens is 1. The van der Waals surface area contributed by atoms with Gasteiger partial charge in [0.25, 0.3) is 0 Å². The highest BCUT2D eigenvalue weighted by Crippen LogP contribution is 2.12. The number of hydrogen-bond donors (Lipinski definition) is 0. The summed E-state index contributed by atoms with van der Waals surface area (Å²) in [5.74, 6) is 1.85. The molecule has 0 aromatic heterocycles. The zero-order valence-corrected chi connectivity index (χ0v) is 16.1. The summed E-state index contributed by atoms with van der Waals surface area (Å²) in [6.07, 6.45) is 0. The Kier molecular flexibility index (Phi) is 8.13. The molecule has 0 radical (unpaired) electrons. The van der Waals surface area contributed by atoms with Crippen LogP contribution in [0.3, 0.4) is 0 Å². The van der Waals surface area contributed by atoms with E-state index in [0.29, 0.717) is 13.2 Å². The lowest BCUT2D eigenvalue weighted by Gasteiger charge is -2.21. The third kappa shape index (κ3) is 6.93. The van der Waals surface area contributed by atoms with Crippen molar-refractivity contribution in [2.45, 2.75) is 13.8 Å². The highest BCUT2D eigenvalue weighted by Gasteiger charge is 2.05. The Morgan fingerprint density at radius 2 is 1.12 bits per heavy atom. The van der Waals surface area contributed by atoms with E-state index >= 15 is 0 Å². The molecule has 0 saturated carbocycles. The van der Waals surface area contributed by atoms with Crippen LogP contribution in [0.25, 0.3) is 0 Å². The summed E-state index contributed by atoms with van der Waals surface area (Å²) in [5, 5.41) is 0.946. The lowest BCUT2D eigenvalue weighted by molar-refractivity contribution is 0.184. The first-order valence-electron chi connectivity index (χ1n) is 8.34. The number of alkyl halides is 1. The lowest BCUT2D eigenvalue weighted by Crippen LogP contribution is -2.33. The Morgan fingerprint density at radius 3 is 1.50 bits per heavy atom. The first-order chi connectivity index (χ1) is 11.7. The molecule has 2 aromatic rings. The average molecular weight is 392 g/mol. The predicted molar refractivity (Wildman–Crippen MR) is 104 cm³/mol. The highest BCUT2D eigenvalue weighted by atomic mass is 79.9. The van der Waals surface area contributed by atoms with Crippen LogP contribution in [0.2, 0.25) is 0 Å². The molecule has 4 heteroatoms. The van der Waals surface area contributed by atoms with E-state index in [1.54, 1.807) is 0 Å². The maximum Gasteiger partial charge on any atom is 0.119 e. The van der Waals surface area contributed by atoms with Gasteiger partial charge in [-0.15, -0.1) is 0 Å². The van der Waals surface area contributed by atoms with E-state index in [-0.39, 0.29) is 0 Å². The molecule has 0 aliphatic carbocycles. The number of benzene rings is 2. The molecule has 0 amide bonds. The molecule has 0 aliphatic rings. The van der Waals surface area contributed by atoms with Gasteiger partial charge in [0.15, 0.2) is 0 Å². The largest absolute Gasteiger partial charge is 0.492 e. The fourth-order valence-corrected chi connectivity index (χ4v) is 2.81. The molecule has 0 saturated heterocycles. The molecule has 0 N–H and O–H groups in total. The Hall–Kier alpha value is -1.52. The molecule has 2 rings (SSSR count). The molecule has 0 atom stereocenters. The van der Waals surface area contributed by atoms with Crippen LogP contribution in [-0.4, -0.2) is 43.1 Å². The summed E-state index contributed by atoms with van der Waals surface area (Å²) in [6.45, 7) is 8.27. The first-order valence-corrected chi connectivity index (χ1v) is 9.47. The smallest absolute Gasteiger partial charge is 0.119 e. The Balaban J connectivity index is 1.70. The van der Waals surface area contributed by atoms with Crippen molar-refractivity contribution in [1.82, 2.24) is 4.90 Å². The topological polar surface area (TPSA) is 21.7 Å². The van der Waals surface area contributed by atoms with E-state index < -0.39 is 0 Å². The maximum atomic E-state index is 5.82. The van der Waals surface area contributed by atoms with Crippen LogP contribution in [0.4, 0.5) is 0 Å². The number of nitrogens with zero attached hydrogens (tertiary/aromatic N) is 1. The number of hydrogen-bond acceptors (Lipinski definition) is 3. The average Bonchev–Trinajstić information content (AvgIpc) is 2.58. The summed E-state index contributed by atoms with van der Waals surface area (Å²) in [5.41, 5.74) is 2.49. The second-order valence-corrected chi connectivity index (χ2v) is 6.65. The summed E-state index contributed by atoms with van der Waals surface area (Å²) in [4.78, 5) is 2.34. The van der Waals surface area contributed by atoms with Crippen molar-refractivity contribution in [2.24, 2.45) is 0 Å². The minimum absolute atomic E-state index is 0.681. The van der Waals surface area contributed by atoms with E-state index in [1.807, 2.05) is 24.3 Å². The van der Waals surface area contributed by atoms with Crippen LogP contribution < -0.4 is 9.47 Å². The van der Waals surface area contributed by atoms with Crippen molar-refractivity contribution in [2.75, 3.05) is 38.2 Å². The number of rotatable bonds is 10. The quantitative estimate of drug-likeness (QED) is 0.558. The second kappa shape index (κ2) is 10.4. The Bertz CT molecular complexity index is 532. The van der Waals surface area contributed by atoms with E-state index in [1.165, 1.54) is 11.1 Å². The van der Waals surface area contributed by atoms with Gasteiger partial charge in [-0.3, -0.25) is 4.90 Å². The molecule has 2 aromatic carbocycles. The molecular weight excluding hydrogens is 366 g/mol. The zero-order valence-electron chi connectivity index (χ0n) is 14.5. The molecule has 0 unspecified atom stereocenters. The van der Waals surface area contributed by atoms with Gasteiger partial charge in [-0.1, -0.05) is 51.3 Å². The first kappa shape index (κ1) is 18.8. The predicted octanol–water partition coefficient (Wildman–Crippen LogP) is 4.46. The van der Waals surface area contributed by atoms with Gasteiger partial charge < -0.3 is 9.47 Å². The molecule has 0 aliphatic heterocycles. The van der Waals surface area contributed by atoms with Gasteiger partial charge in [0, 0.05) is 25.0 Å². The summed E-state index contributed by atoms with van der Waals surface area (Å²) >= 11 is 3.52. The van der Waals surface area contributed by atoms with Gasteiger partial charge in [-0.2, -0.15) is 0 Å². The normalized spacial score (nSPS) is 10.8. The van der Waals surface area contributed by atoms with Crippen LogP contribution >= 0.6 is 15.9 Å². The van der Waals surface area contributed by atoms with Gasteiger partial charge in [-0.25, -0.2) is 0 Å². The number of ether oxygens (including phenoxy) is 2. The van der Waals surface area contributed by atoms with Gasteiger partial charge >= 0.3 is 0 Å². The summed E-state index contributed by atoms with van der Waals surface area (Å²) in [7, 11) is 0. The van der Waals surface area contributed by atoms with Crippen LogP contribution in [-0.2, 0) is 0 Å². The molecule has 130 valence electrons. The molecule has 0 heterocycles. The van der Waals surface area contributed by atoms with Crippen molar-refractivity contribution in [3.8, 4) is 11.5 Å². The van der Waals surface area contributed by atoms with Gasteiger partial charge in [0.1, 0.15) is 24.7 Å². The molecule has 0 bridgehead atoms. The molecule has 24 heavy (non-hydrogen) atoms. The monoisotopic (exact) mass is 391 g/mol. The Morgan fingerprint density at radius 1 is 0.708 bits per heavy atom. The molecular formula is C20H26BrNO2. The minimum atomic E-state index is 0.681. The van der Waals surface area contributed by atoms with E-state index in [4.69, 9.17) is 9.47 Å². The Labute approximate surface area is 153 Å². The van der Waals surface area contributed by atoms with Gasteiger partial charge in [0.05, 0.1) is 0 Å². The van der Waals surface area contributed by atoms with E-state index in [2.05, 4.69) is 58.9 Å². The van der Waals surface area contributed by atoms with Crippen molar-refractivity contribution in [3.63, 3.8) is 0 Å². The second-order valence-electron chi connectivity index (χ2n) is 5.85. The standard InChI is InChI=1S/C20H26BrNO2/c1-17-3-7-19(8-4-17)23-15-13-22(12-11-21)14-16-24-20-9-5-18(2)6-10-20/h3-10H,11-16H2,1-2H3. The van der Waals surface area contributed by atoms with Crippen molar-refractivity contribution in [1.29, 1.82) is 0 Å². The van der Waals surface area contributed by atoms with Gasteiger partial charge in [0.2, 0.25) is 0 Å². The minimum Gasteiger partial charge on any atom is -0.492 e. The van der Waals surface area contributed by atoms with Crippen LogP contribution in [0.15, 0.2) is 48.5 Å². The van der Waals surface area contributed by atoms with Crippen LogP contribution in [0, 0.1) is 13.8 Å². The third-order valence-electron chi connectivity index (χ3n) is 3.80. The fourth-order valence-electron chi connectivity index (χ4n) is 2.31. The molecule has 0 fully saturated rings. The van der Waals surface area contributed by atoms with Gasteiger partial charge in [-0.05, 0) is 38.1 Å². The number of aryl methyl sites for hydroxylation is 2. The van der Waals surface area contributed by atoms with Crippen LogP contribution in [0.5, 0.6) is 11.5 Å². The van der Waals surface area contributed by atoms with Crippen molar-refractivity contribution >= 4 is 15.9 Å². The van der Waals surface area contributed by atoms with Crippen LogP contribution in [0.1, 0.15) is 11.1 Å². The SMILES string of the molecule is Cc1ccc(OCCN(CCBr)CCOc2ccc(C)cc2)cc1. The highest BCUT2D eigenvalue weighted by molar-refractivity contribution is 9.09.